The third kappa shape index (κ3) is 4.47. The number of halogens is 1. The van der Waals surface area contributed by atoms with Crippen molar-refractivity contribution in [2.45, 2.75) is 17.6 Å². The Hall–Kier alpha value is -1.03. The van der Waals surface area contributed by atoms with Crippen molar-refractivity contribution >= 4 is 45.5 Å². The van der Waals surface area contributed by atoms with E-state index in [9.17, 15) is 8.42 Å². The van der Waals surface area contributed by atoms with Crippen molar-refractivity contribution in [3.05, 3.63) is 24.3 Å². The van der Waals surface area contributed by atoms with Gasteiger partial charge in [-0.2, -0.15) is 0 Å². The molecule has 0 bridgehead atoms. The molecule has 1 aliphatic rings. The number of benzene rings is 1. The van der Waals surface area contributed by atoms with Gasteiger partial charge in [0.1, 0.15) is 5.75 Å². The average molecular weight is 425 g/mol. The molecule has 0 unspecified atom stereocenters. The minimum Gasteiger partial charge on any atom is -0.497 e. The highest BCUT2D eigenvalue weighted by molar-refractivity contribution is 14.0. The predicted molar refractivity (Wildman–Crippen MR) is 95.3 cm³/mol. The fourth-order valence-corrected chi connectivity index (χ4v) is 3.02. The fraction of sp³-hybridized carbons (Fsp3) is 0.462. The maximum absolute atomic E-state index is 11.6. The molecular weight excluding hydrogens is 405 g/mol. The first-order valence-electron chi connectivity index (χ1n) is 6.27. The summed E-state index contributed by atoms with van der Waals surface area (Å²) in [5.74, 6) is 0.963. The highest BCUT2D eigenvalue weighted by atomic mass is 127. The number of hydrogen-bond acceptors (Lipinski definition) is 4. The van der Waals surface area contributed by atoms with Crippen molar-refractivity contribution in [2.24, 2.45) is 10.7 Å². The Bertz CT molecular complexity index is 610. The zero-order valence-electron chi connectivity index (χ0n) is 12.0. The Morgan fingerprint density at radius 1 is 1.38 bits per heavy atom. The van der Waals surface area contributed by atoms with Crippen molar-refractivity contribution in [3.63, 3.8) is 0 Å². The molecule has 0 amide bonds. The van der Waals surface area contributed by atoms with Gasteiger partial charge in [0.05, 0.1) is 18.4 Å². The molecule has 8 heteroatoms. The van der Waals surface area contributed by atoms with Gasteiger partial charge in [-0.3, -0.25) is 4.99 Å². The van der Waals surface area contributed by atoms with E-state index in [0.717, 1.165) is 11.4 Å². The molecule has 0 atom stereocenters. The second kappa shape index (κ2) is 6.82. The molecule has 0 spiro atoms. The summed E-state index contributed by atoms with van der Waals surface area (Å²) in [6, 6.07) is 7.22. The fourth-order valence-electron chi connectivity index (χ4n) is 1.88. The first-order chi connectivity index (χ1) is 9.36. The van der Waals surface area contributed by atoms with Gasteiger partial charge in [0.25, 0.3) is 0 Å². The summed E-state index contributed by atoms with van der Waals surface area (Å²) in [6.07, 6.45) is 2.57. The lowest BCUT2D eigenvalue weighted by Crippen LogP contribution is -2.29. The van der Waals surface area contributed by atoms with Crippen molar-refractivity contribution in [1.29, 1.82) is 0 Å². The largest absolute Gasteiger partial charge is 0.497 e. The Morgan fingerprint density at radius 2 is 1.95 bits per heavy atom. The lowest BCUT2D eigenvalue weighted by atomic mass is 10.3. The van der Waals surface area contributed by atoms with Gasteiger partial charge in [-0.05, 0) is 37.1 Å². The van der Waals surface area contributed by atoms with Crippen molar-refractivity contribution in [1.82, 2.24) is 0 Å². The van der Waals surface area contributed by atoms with E-state index in [0.29, 0.717) is 12.8 Å². The maximum atomic E-state index is 11.6. The van der Waals surface area contributed by atoms with Crippen LogP contribution in [0.3, 0.4) is 0 Å². The monoisotopic (exact) mass is 425 g/mol. The van der Waals surface area contributed by atoms with Gasteiger partial charge >= 0.3 is 0 Å². The third-order valence-electron chi connectivity index (χ3n) is 3.49. The number of anilines is 1. The van der Waals surface area contributed by atoms with Crippen LogP contribution in [0.1, 0.15) is 12.8 Å². The molecule has 3 N–H and O–H groups in total. The maximum Gasteiger partial charge on any atom is 0.193 e. The number of aliphatic imine (C=N–C) groups is 1. The Kier molecular flexibility index (Phi) is 5.85. The van der Waals surface area contributed by atoms with E-state index >= 15 is 0 Å². The predicted octanol–water partition coefficient (Wildman–Crippen LogP) is 1.62. The van der Waals surface area contributed by atoms with Crippen LogP contribution >= 0.6 is 24.0 Å². The van der Waals surface area contributed by atoms with Crippen LogP contribution in [-0.4, -0.2) is 39.0 Å². The lowest BCUT2D eigenvalue weighted by molar-refractivity contribution is 0.415. The van der Waals surface area contributed by atoms with Crippen LogP contribution in [0, 0.1) is 0 Å². The van der Waals surface area contributed by atoms with Crippen molar-refractivity contribution in [3.8, 4) is 5.75 Å². The number of methoxy groups -OCH3 is 1. The van der Waals surface area contributed by atoms with Crippen LogP contribution in [0.2, 0.25) is 0 Å². The third-order valence-corrected chi connectivity index (χ3v) is 5.60. The Labute approximate surface area is 142 Å². The quantitative estimate of drug-likeness (QED) is 0.425. The zero-order chi connectivity index (χ0) is 14.8. The van der Waals surface area contributed by atoms with Crippen LogP contribution in [0.4, 0.5) is 5.69 Å². The molecule has 0 aromatic heterocycles. The summed E-state index contributed by atoms with van der Waals surface area (Å²) in [5.41, 5.74) is 6.54. The molecule has 0 radical (unpaired) electrons. The SMILES string of the molecule is COc1ccc(NC(N)=NCC2(S(C)(=O)=O)CC2)cc1.I. The van der Waals surface area contributed by atoms with Gasteiger partial charge in [0.15, 0.2) is 15.8 Å². The number of nitrogens with zero attached hydrogens (tertiary/aromatic N) is 1. The van der Waals surface area contributed by atoms with Crippen LogP contribution in [0.25, 0.3) is 0 Å². The van der Waals surface area contributed by atoms with Gasteiger partial charge in [-0.15, -0.1) is 24.0 Å². The summed E-state index contributed by atoms with van der Waals surface area (Å²) in [5, 5.41) is 2.92. The molecule has 0 saturated heterocycles. The zero-order valence-corrected chi connectivity index (χ0v) is 15.1. The number of sulfone groups is 1. The normalized spacial score (nSPS) is 16.8. The van der Waals surface area contributed by atoms with E-state index in [2.05, 4.69) is 10.3 Å². The van der Waals surface area contributed by atoms with Crippen LogP contribution < -0.4 is 15.8 Å². The molecule has 0 aliphatic heterocycles. The van der Waals surface area contributed by atoms with E-state index in [-0.39, 0.29) is 36.5 Å². The number of ether oxygens (including phenoxy) is 1. The first-order valence-corrected chi connectivity index (χ1v) is 8.16. The molecule has 1 aliphatic carbocycles. The second-order valence-corrected chi connectivity index (χ2v) is 7.42. The summed E-state index contributed by atoms with van der Waals surface area (Å²) in [6.45, 7) is 0.209. The molecule has 0 heterocycles. The van der Waals surface area contributed by atoms with E-state index in [4.69, 9.17) is 10.5 Å². The van der Waals surface area contributed by atoms with Gasteiger partial charge in [0, 0.05) is 11.9 Å². The van der Waals surface area contributed by atoms with Crippen molar-refractivity contribution < 1.29 is 13.2 Å². The van der Waals surface area contributed by atoms with Gasteiger partial charge in [-0.25, -0.2) is 8.42 Å². The molecule has 2 rings (SSSR count). The number of hydrogen-bond donors (Lipinski definition) is 2. The average Bonchev–Trinajstić information content (AvgIpc) is 3.18. The lowest BCUT2D eigenvalue weighted by Gasteiger charge is -2.11. The molecule has 1 aromatic carbocycles. The van der Waals surface area contributed by atoms with E-state index in [1.807, 2.05) is 12.1 Å². The highest BCUT2D eigenvalue weighted by Gasteiger charge is 2.51. The molecule has 1 saturated carbocycles. The number of rotatable bonds is 5. The van der Waals surface area contributed by atoms with Crippen LogP contribution in [0.5, 0.6) is 5.75 Å². The number of guanidine groups is 1. The van der Waals surface area contributed by atoms with E-state index in [1.54, 1.807) is 19.2 Å². The van der Waals surface area contributed by atoms with Gasteiger partial charge in [0.2, 0.25) is 0 Å². The molecule has 1 fully saturated rings. The van der Waals surface area contributed by atoms with E-state index in [1.165, 1.54) is 6.26 Å². The van der Waals surface area contributed by atoms with Crippen molar-refractivity contribution in [2.75, 3.05) is 25.2 Å². The summed E-state index contributed by atoms with van der Waals surface area (Å²) >= 11 is 0. The molecular formula is C13H20IN3O3S. The second-order valence-electron chi connectivity index (χ2n) is 5.01. The van der Waals surface area contributed by atoms with Crippen LogP contribution in [0.15, 0.2) is 29.3 Å². The summed E-state index contributed by atoms with van der Waals surface area (Å²) in [7, 11) is -1.48. The molecule has 21 heavy (non-hydrogen) atoms. The minimum atomic E-state index is -3.08. The molecule has 6 nitrogen and oxygen atoms in total. The minimum absolute atomic E-state index is 0. The topological polar surface area (TPSA) is 93.8 Å². The summed E-state index contributed by atoms with van der Waals surface area (Å²) in [4.78, 5) is 4.14. The Balaban J connectivity index is 0.00000220. The highest BCUT2D eigenvalue weighted by Crippen LogP contribution is 2.43. The molecule has 118 valence electrons. The van der Waals surface area contributed by atoms with Gasteiger partial charge in [-0.1, -0.05) is 0 Å². The van der Waals surface area contributed by atoms with Crippen LogP contribution in [-0.2, 0) is 9.84 Å². The first kappa shape index (κ1) is 18.0. The number of nitrogens with one attached hydrogen (secondary N) is 1. The summed E-state index contributed by atoms with van der Waals surface area (Å²) < 4.78 is 27.6. The number of nitrogens with two attached hydrogens (primary N) is 1. The van der Waals surface area contributed by atoms with Gasteiger partial charge < -0.3 is 15.8 Å². The molecule has 1 aromatic rings. The standard InChI is InChI=1S/C13H19N3O3S.HI/c1-19-11-5-3-10(4-6-11)16-12(14)15-9-13(7-8-13)20(2,17)18;/h3-6H,7-9H2,1-2H3,(H3,14,15,16);1H. The Morgan fingerprint density at radius 3 is 2.38 bits per heavy atom. The van der Waals surface area contributed by atoms with E-state index < -0.39 is 14.6 Å². The smallest absolute Gasteiger partial charge is 0.193 e.